The monoisotopic (exact) mass is 292 g/mol. The van der Waals surface area contributed by atoms with E-state index < -0.39 is 5.97 Å². The predicted octanol–water partition coefficient (Wildman–Crippen LogP) is 2.06. The second-order valence-corrected chi connectivity index (χ2v) is 5.70. The molecule has 6 nitrogen and oxygen atoms in total. The van der Waals surface area contributed by atoms with Gasteiger partial charge in [-0.1, -0.05) is 18.2 Å². The number of nitrogens with one attached hydrogen (secondary N) is 2. The molecule has 0 saturated heterocycles. The molecule has 1 aliphatic rings. The molecular formula is C15H20N2O4. The highest BCUT2D eigenvalue weighted by Crippen LogP contribution is 2.39. The molecule has 1 aliphatic heterocycles. The van der Waals surface area contributed by atoms with E-state index in [2.05, 4.69) is 10.6 Å². The Balaban J connectivity index is 2.02. The lowest BCUT2D eigenvalue weighted by Gasteiger charge is -2.37. The van der Waals surface area contributed by atoms with E-state index in [-0.39, 0.29) is 30.6 Å². The van der Waals surface area contributed by atoms with Crippen molar-refractivity contribution in [2.75, 3.05) is 6.54 Å². The van der Waals surface area contributed by atoms with Crippen LogP contribution in [-0.4, -0.2) is 29.3 Å². The molecule has 1 aromatic rings. The van der Waals surface area contributed by atoms with Crippen molar-refractivity contribution in [2.45, 2.75) is 38.3 Å². The molecular weight excluding hydrogens is 272 g/mol. The summed E-state index contributed by atoms with van der Waals surface area (Å²) in [5, 5.41) is 14.0. The summed E-state index contributed by atoms with van der Waals surface area (Å²) in [6.07, 6.45) is 0.555. The van der Waals surface area contributed by atoms with Gasteiger partial charge in [0.05, 0.1) is 12.5 Å². The van der Waals surface area contributed by atoms with Crippen LogP contribution < -0.4 is 15.4 Å². The Morgan fingerprint density at radius 2 is 2.10 bits per heavy atom. The first-order chi connectivity index (χ1) is 9.87. The van der Waals surface area contributed by atoms with E-state index in [1.54, 1.807) is 0 Å². The van der Waals surface area contributed by atoms with E-state index in [0.717, 1.165) is 11.3 Å². The first-order valence-corrected chi connectivity index (χ1v) is 6.91. The molecule has 21 heavy (non-hydrogen) atoms. The smallest absolute Gasteiger partial charge is 0.315 e. The maximum atomic E-state index is 11.9. The van der Waals surface area contributed by atoms with E-state index in [1.807, 2.05) is 38.1 Å². The van der Waals surface area contributed by atoms with Crippen LogP contribution in [-0.2, 0) is 4.79 Å². The van der Waals surface area contributed by atoms with Gasteiger partial charge in [-0.25, -0.2) is 4.79 Å². The summed E-state index contributed by atoms with van der Waals surface area (Å²) in [6, 6.07) is 7.07. The van der Waals surface area contributed by atoms with Crippen LogP contribution >= 0.6 is 0 Å². The summed E-state index contributed by atoms with van der Waals surface area (Å²) < 4.78 is 5.89. The number of carboxylic acid groups (broad SMARTS) is 1. The Labute approximate surface area is 123 Å². The summed E-state index contributed by atoms with van der Waals surface area (Å²) in [7, 11) is 0. The largest absolute Gasteiger partial charge is 0.487 e. The van der Waals surface area contributed by atoms with Crippen molar-refractivity contribution in [1.29, 1.82) is 0 Å². The molecule has 0 aliphatic carbocycles. The number of carboxylic acids is 1. The van der Waals surface area contributed by atoms with Gasteiger partial charge >= 0.3 is 12.0 Å². The molecule has 0 saturated carbocycles. The number of para-hydroxylation sites is 1. The molecule has 0 aromatic heterocycles. The number of hydrogen-bond acceptors (Lipinski definition) is 3. The molecule has 0 radical (unpaired) electrons. The van der Waals surface area contributed by atoms with Gasteiger partial charge in [-0.2, -0.15) is 0 Å². The minimum Gasteiger partial charge on any atom is -0.487 e. The van der Waals surface area contributed by atoms with Crippen molar-refractivity contribution in [1.82, 2.24) is 10.6 Å². The van der Waals surface area contributed by atoms with Crippen LogP contribution in [0.3, 0.4) is 0 Å². The molecule has 0 bridgehead atoms. The SMILES string of the molecule is CC1(C)CC(NC(=O)NCCC(=O)O)c2ccccc2O1. The molecule has 2 rings (SSSR count). The molecule has 3 N–H and O–H groups in total. The van der Waals surface area contributed by atoms with Crippen LogP contribution in [0.25, 0.3) is 0 Å². The van der Waals surface area contributed by atoms with Crippen LogP contribution in [0.4, 0.5) is 4.79 Å². The molecule has 1 heterocycles. The molecule has 1 aromatic carbocycles. The summed E-state index contributed by atoms with van der Waals surface area (Å²) in [5.41, 5.74) is 0.568. The van der Waals surface area contributed by atoms with Crippen molar-refractivity contribution in [2.24, 2.45) is 0 Å². The summed E-state index contributed by atoms with van der Waals surface area (Å²) >= 11 is 0. The summed E-state index contributed by atoms with van der Waals surface area (Å²) in [4.78, 5) is 22.3. The first kappa shape index (κ1) is 15.2. The highest BCUT2D eigenvalue weighted by atomic mass is 16.5. The van der Waals surface area contributed by atoms with Crippen LogP contribution in [0, 0.1) is 0 Å². The van der Waals surface area contributed by atoms with Gasteiger partial charge in [0.15, 0.2) is 0 Å². The number of carbonyl (C=O) groups is 2. The quantitative estimate of drug-likeness (QED) is 0.792. The van der Waals surface area contributed by atoms with E-state index >= 15 is 0 Å². The van der Waals surface area contributed by atoms with Gasteiger partial charge in [0.25, 0.3) is 0 Å². The topological polar surface area (TPSA) is 87.7 Å². The second kappa shape index (κ2) is 6.03. The number of fused-ring (bicyclic) bond motifs is 1. The fourth-order valence-corrected chi connectivity index (χ4v) is 2.42. The first-order valence-electron chi connectivity index (χ1n) is 6.91. The Kier molecular flexibility index (Phi) is 4.35. The van der Waals surface area contributed by atoms with Gasteiger partial charge < -0.3 is 20.5 Å². The molecule has 6 heteroatoms. The molecule has 1 atom stereocenters. The minimum absolute atomic E-state index is 0.0940. The number of hydrogen-bond donors (Lipinski definition) is 3. The molecule has 0 fully saturated rings. The number of urea groups is 1. The fraction of sp³-hybridized carbons (Fsp3) is 0.467. The zero-order valence-electron chi connectivity index (χ0n) is 12.2. The maximum absolute atomic E-state index is 11.9. The number of ether oxygens (including phenoxy) is 1. The molecule has 0 spiro atoms. The Morgan fingerprint density at radius 3 is 2.81 bits per heavy atom. The van der Waals surface area contributed by atoms with E-state index in [9.17, 15) is 9.59 Å². The lowest BCUT2D eigenvalue weighted by Crippen LogP contribution is -2.44. The molecule has 114 valence electrons. The van der Waals surface area contributed by atoms with Gasteiger partial charge in [0.1, 0.15) is 11.4 Å². The normalized spacial score (nSPS) is 19.0. The van der Waals surface area contributed by atoms with E-state index in [0.29, 0.717) is 6.42 Å². The van der Waals surface area contributed by atoms with Gasteiger partial charge in [0, 0.05) is 18.5 Å². The number of amides is 2. The third-order valence-electron chi connectivity index (χ3n) is 3.31. The Hall–Kier alpha value is -2.24. The number of carbonyl (C=O) groups excluding carboxylic acids is 1. The average Bonchev–Trinajstić information content (AvgIpc) is 2.36. The van der Waals surface area contributed by atoms with Crippen LogP contribution in [0.1, 0.15) is 38.3 Å². The lowest BCUT2D eigenvalue weighted by atomic mass is 9.90. The third-order valence-corrected chi connectivity index (χ3v) is 3.31. The van der Waals surface area contributed by atoms with Gasteiger partial charge in [-0.3, -0.25) is 4.79 Å². The number of aliphatic carboxylic acids is 1. The van der Waals surface area contributed by atoms with Crippen molar-refractivity contribution in [3.63, 3.8) is 0 Å². The Morgan fingerprint density at radius 1 is 1.38 bits per heavy atom. The maximum Gasteiger partial charge on any atom is 0.315 e. The van der Waals surface area contributed by atoms with Crippen LogP contribution in [0.2, 0.25) is 0 Å². The van der Waals surface area contributed by atoms with E-state index in [1.165, 1.54) is 0 Å². The third kappa shape index (κ3) is 4.11. The zero-order valence-corrected chi connectivity index (χ0v) is 12.2. The van der Waals surface area contributed by atoms with Crippen molar-refractivity contribution < 1.29 is 19.4 Å². The Bertz CT molecular complexity index is 542. The van der Waals surface area contributed by atoms with Gasteiger partial charge in [-0.15, -0.1) is 0 Å². The summed E-state index contributed by atoms with van der Waals surface area (Å²) in [5.74, 6) is -0.169. The van der Waals surface area contributed by atoms with Crippen molar-refractivity contribution in [3.8, 4) is 5.75 Å². The van der Waals surface area contributed by atoms with Crippen molar-refractivity contribution in [3.05, 3.63) is 29.8 Å². The van der Waals surface area contributed by atoms with Gasteiger partial charge in [0.2, 0.25) is 0 Å². The van der Waals surface area contributed by atoms with Crippen LogP contribution in [0.5, 0.6) is 5.75 Å². The van der Waals surface area contributed by atoms with Gasteiger partial charge in [-0.05, 0) is 19.9 Å². The molecule has 2 amide bonds. The highest BCUT2D eigenvalue weighted by Gasteiger charge is 2.34. The predicted molar refractivity (Wildman–Crippen MR) is 77.3 cm³/mol. The second-order valence-electron chi connectivity index (χ2n) is 5.70. The standard InChI is InChI=1S/C15H20N2O4/c1-15(2)9-11(10-5-3-4-6-12(10)21-15)17-14(20)16-8-7-13(18)19/h3-6,11H,7-9H2,1-2H3,(H,18,19)(H2,16,17,20). The number of benzene rings is 1. The highest BCUT2D eigenvalue weighted by molar-refractivity contribution is 5.75. The minimum atomic E-state index is -0.937. The average molecular weight is 292 g/mol. The fourth-order valence-electron chi connectivity index (χ4n) is 2.42. The molecule has 1 unspecified atom stereocenters. The van der Waals surface area contributed by atoms with E-state index in [4.69, 9.17) is 9.84 Å². The van der Waals surface area contributed by atoms with Crippen molar-refractivity contribution >= 4 is 12.0 Å². The summed E-state index contributed by atoms with van der Waals surface area (Å²) in [6.45, 7) is 4.05. The zero-order chi connectivity index (χ0) is 15.5. The van der Waals surface area contributed by atoms with Crippen LogP contribution in [0.15, 0.2) is 24.3 Å². The lowest BCUT2D eigenvalue weighted by molar-refractivity contribution is -0.136. The number of rotatable bonds is 4.